The monoisotopic (exact) mass is 281 g/mol. The quantitative estimate of drug-likeness (QED) is 0.877. The van der Waals surface area contributed by atoms with Gasteiger partial charge in [0.2, 0.25) is 0 Å². The van der Waals surface area contributed by atoms with Crippen molar-refractivity contribution in [2.75, 3.05) is 11.3 Å². The normalized spacial score (nSPS) is 11.3. The molecule has 0 unspecified atom stereocenters. The molecule has 0 aliphatic carbocycles. The SMILES string of the molecule is CCOc1ccc(NS(=O)(=O)c2cnc[nH]2)c(C)c1. The smallest absolute Gasteiger partial charge is 0.278 e. The van der Waals surface area contributed by atoms with Crippen LogP contribution in [0.1, 0.15) is 12.5 Å². The van der Waals surface area contributed by atoms with Crippen molar-refractivity contribution in [3.05, 3.63) is 36.3 Å². The van der Waals surface area contributed by atoms with Gasteiger partial charge in [0.25, 0.3) is 10.0 Å². The maximum Gasteiger partial charge on any atom is 0.278 e. The van der Waals surface area contributed by atoms with E-state index in [1.807, 2.05) is 13.8 Å². The lowest BCUT2D eigenvalue weighted by molar-refractivity contribution is 0.340. The molecule has 6 nitrogen and oxygen atoms in total. The van der Waals surface area contributed by atoms with E-state index in [4.69, 9.17) is 4.74 Å². The maximum atomic E-state index is 12.0. The zero-order chi connectivity index (χ0) is 13.9. The van der Waals surface area contributed by atoms with Crippen molar-refractivity contribution < 1.29 is 13.2 Å². The van der Waals surface area contributed by atoms with Crippen molar-refractivity contribution in [3.8, 4) is 5.75 Å². The predicted octanol–water partition coefficient (Wildman–Crippen LogP) is 1.92. The van der Waals surface area contributed by atoms with Gasteiger partial charge in [-0.2, -0.15) is 8.42 Å². The second-order valence-electron chi connectivity index (χ2n) is 3.93. The number of sulfonamides is 1. The molecule has 0 saturated heterocycles. The molecule has 2 rings (SSSR count). The van der Waals surface area contributed by atoms with E-state index in [0.717, 1.165) is 5.56 Å². The zero-order valence-electron chi connectivity index (χ0n) is 10.7. The molecule has 2 N–H and O–H groups in total. The van der Waals surface area contributed by atoms with Gasteiger partial charge in [-0.15, -0.1) is 0 Å². The molecule has 1 aromatic heterocycles. The number of nitrogens with zero attached hydrogens (tertiary/aromatic N) is 1. The van der Waals surface area contributed by atoms with E-state index in [-0.39, 0.29) is 5.03 Å². The van der Waals surface area contributed by atoms with Gasteiger partial charge in [-0.05, 0) is 37.6 Å². The Balaban J connectivity index is 2.25. The maximum absolute atomic E-state index is 12.0. The lowest BCUT2D eigenvalue weighted by Gasteiger charge is -2.11. The Hall–Kier alpha value is -2.02. The molecule has 0 spiro atoms. The summed E-state index contributed by atoms with van der Waals surface area (Å²) in [5.74, 6) is 0.712. The number of imidazole rings is 1. The number of ether oxygens (including phenoxy) is 1. The fourth-order valence-electron chi connectivity index (χ4n) is 1.60. The Kier molecular flexibility index (Phi) is 3.75. The lowest BCUT2D eigenvalue weighted by atomic mass is 10.2. The highest BCUT2D eigenvalue weighted by Crippen LogP contribution is 2.23. The summed E-state index contributed by atoms with van der Waals surface area (Å²) in [6.07, 6.45) is 2.58. The number of benzene rings is 1. The third-order valence-electron chi connectivity index (χ3n) is 2.52. The van der Waals surface area contributed by atoms with Crippen LogP contribution in [0, 0.1) is 6.92 Å². The van der Waals surface area contributed by atoms with Crippen LogP contribution in [-0.4, -0.2) is 25.0 Å². The molecule has 0 bridgehead atoms. The number of rotatable bonds is 5. The zero-order valence-corrected chi connectivity index (χ0v) is 11.5. The predicted molar refractivity (Wildman–Crippen MR) is 71.7 cm³/mol. The summed E-state index contributed by atoms with van der Waals surface area (Å²) < 4.78 is 31.9. The van der Waals surface area contributed by atoms with E-state index < -0.39 is 10.0 Å². The summed E-state index contributed by atoms with van der Waals surface area (Å²) in [6.45, 7) is 4.27. The van der Waals surface area contributed by atoms with E-state index in [1.54, 1.807) is 18.2 Å². The van der Waals surface area contributed by atoms with Crippen LogP contribution in [0.2, 0.25) is 0 Å². The van der Waals surface area contributed by atoms with Crippen LogP contribution in [0.5, 0.6) is 5.75 Å². The summed E-state index contributed by atoms with van der Waals surface area (Å²) in [4.78, 5) is 6.26. The van der Waals surface area contributed by atoms with E-state index in [2.05, 4.69) is 14.7 Å². The largest absolute Gasteiger partial charge is 0.494 e. The molecule has 0 saturated carbocycles. The van der Waals surface area contributed by atoms with Gasteiger partial charge in [-0.3, -0.25) is 4.72 Å². The summed E-state index contributed by atoms with van der Waals surface area (Å²) in [5, 5.41) is 0.0285. The van der Waals surface area contributed by atoms with Crippen molar-refractivity contribution in [2.45, 2.75) is 18.9 Å². The van der Waals surface area contributed by atoms with Crippen molar-refractivity contribution in [1.82, 2.24) is 9.97 Å². The Bertz CT molecular complexity index is 651. The highest BCUT2D eigenvalue weighted by molar-refractivity contribution is 7.92. The minimum Gasteiger partial charge on any atom is -0.494 e. The summed E-state index contributed by atoms with van der Waals surface area (Å²) in [6, 6.07) is 5.18. The van der Waals surface area contributed by atoms with Gasteiger partial charge in [0, 0.05) is 0 Å². The molecule has 0 fully saturated rings. The van der Waals surface area contributed by atoms with E-state index in [0.29, 0.717) is 18.0 Å². The van der Waals surface area contributed by atoms with Crippen molar-refractivity contribution >= 4 is 15.7 Å². The number of hydrogen-bond acceptors (Lipinski definition) is 4. The van der Waals surface area contributed by atoms with E-state index in [9.17, 15) is 8.42 Å². The number of anilines is 1. The Morgan fingerprint density at radius 2 is 2.21 bits per heavy atom. The van der Waals surface area contributed by atoms with E-state index in [1.165, 1.54) is 12.5 Å². The first-order chi connectivity index (χ1) is 9.03. The molecule has 0 aliphatic rings. The van der Waals surface area contributed by atoms with Crippen LogP contribution in [0.4, 0.5) is 5.69 Å². The lowest BCUT2D eigenvalue weighted by Crippen LogP contribution is -2.14. The summed E-state index contributed by atoms with van der Waals surface area (Å²) >= 11 is 0. The van der Waals surface area contributed by atoms with Crippen LogP contribution >= 0.6 is 0 Å². The van der Waals surface area contributed by atoms with Gasteiger partial charge in [-0.1, -0.05) is 0 Å². The van der Waals surface area contributed by atoms with Gasteiger partial charge in [0.05, 0.1) is 24.8 Å². The minimum atomic E-state index is -3.63. The molecule has 1 aromatic carbocycles. The number of hydrogen-bond donors (Lipinski definition) is 2. The first-order valence-electron chi connectivity index (χ1n) is 5.77. The fraction of sp³-hybridized carbons (Fsp3) is 0.250. The topological polar surface area (TPSA) is 84.1 Å². The molecule has 0 aliphatic heterocycles. The molecule has 1 heterocycles. The second-order valence-corrected chi connectivity index (χ2v) is 5.58. The van der Waals surface area contributed by atoms with Crippen LogP contribution in [-0.2, 0) is 10.0 Å². The molecule has 19 heavy (non-hydrogen) atoms. The van der Waals surface area contributed by atoms with Crippen molar-refractivity contribution in [3.63, 3.8) is 0 Å². The van der Waals surface area contributed by atoms with Gasteiger partial charge >= 0.3 is 0 Å². The third kappa shape index (κ3) is 3.05. The van der Waals surface area contributed by atoms with Crippen LogP contribution in [0.3, 0.4) is 0 Å². The third-order valence-corrected chi connectivity index (χ3v) is 3.81. The van der Waals surface area contributed by atoms with Crippen LogP contribution in [0.25, 0.3) is 0 Å². The average Bonchev–Trinajstić information content (AvgIpc) is 2.87. The molecule has 2 aromatic rings. The number of aromatic nitrogens is 2. The van der Waals surface area contributed by atoms with E-state index >= 15 is 0 Å². The number of H-pyrrole nitrogens is 1. The van der Waals surface area contributed by atoms with Gasteiger partial charge in [0.15, 0.2) is 5.03 Å². The standard InChI is InChI=1S/C12H15N3O3S/c1-3-18-10-4-5-11(9(2)6-10)15-19(16,17)12-7-13-8-14-12/h4-8,15H,3H2,1-2H3,(H,13,14). The molecule has 102 valence electrons. The van der Waals surface area contributed by atoms with Gasteiger partial charge in [-0.25, -0.2) is 4.98 Å². The molecular formula is C12H15N3O3S. The molecule has 0 radical (unpaired) electrons. The first kappa shape index (κ1) is 13.4. The van der Waals surface area contributed by atoms with Crippen LogP contribution in [0.15, 0.2) is 35.7 Å². The molecular weight excluding hydrogens is 266 g/mol. The summed E-state index contributed by atoms with van der Waals surface area (Å²) in [5.41, 5.74) is 1.30. The van der Waals surface area contributed by atoms with Gasteiger partial charge in [0.1, 0.15) is 5.75 Å². The van der Waals surface area contributed by atoms with Gasteiger partial charge < -0.3 is 9.72 Å². The molecule has 0 amide bonds. The van der Waals surface area contributed by atoms with Crippen molar-refractivity contribution in [2.24, 2.45) is 0 Å². The van der Waals surface area contributed by atoms with Crippen molar-refractivity contribution in [1.29, 1.82) is 0 Å². The number of nitrogens with one attached hydrogen (secondary N) is 2. The fourth-order valence-corrected chi connectivity index (χ4v) is 2.63. The minimum absolute atomic E-state index is 0.0285. The highest BCUT2D eigenvalue weighted by atomic mass is 32.2. The highest BCUT2D eigenvalue weighted by Gasteiger charge is 2.16. The number of aromatic amines is 1. The molecule has 0 atom stereocenters. The first-order valence-corrected chi connectivity index (χ1v) is 7.26. The molecule has 7 heteroatoms. The Morgan fingerprint density at radius 1 is 1.42 bits per heavy atom. The Morgan fingerprint density at radius 3 is 2.79 bits per heavy atom. The number of aryl methyl sites for hydroxylation is 1. The van der Waals surface area contributed by atoms with Crippen LogP contribution < -0.4 is 9.46 Å². The Labute approximate surface area is 111 Å². The summed E-state index contributed by atoms with van der Waals surface area (Å²) in [7, 11) is -3.63. The average molecular weight is 281 g/mol. The second kappa shape index (κ2) is 5.31.